The van der Waals surface area contributed by atoms with Gasteiger partial charge in [-0.05, 0) is 12.8 Å². The number of aliphatic hydroxyl groups is 1. The van der Waals surface area contributed by atoms with E-state index in [0.29, 0.717) is 6.42 Å². The molecule has 0 fully saturated rings. The molecule has 0 saturated carbocycles. The first-order valence-corrected chi connectivity index (χ1v) is 9.53. The molecule has 4 nitrogen and oxygen atoms in total. The monoisotopic (exact) mass is 346 g/mol. The molecule has 0 saturated heterocycles. The van der Waals surface area contributed by atoms with Crippen molar-refractivity contribution in [2.45, 2.75) is 95.8 Å². The quantitative estimate of drug-likeness (QED) is 0.301. The minimum absolute atomic E-state index is 0. The molecular weight excluding hydrogens is 315 g/mol. The third-order valence-corrected chi connectivity index (χ3v) is 5.19. The molecule has 0 aliphatic heterocycles. The minimum Gasteiger partial charge on any atom is -0.748 e. The number of aliphatic hydroxyl groups excluding tert-OH is 1. The second kappa shape index (κ2) is 15.1. The average Bonchev–Trinajstić information content (AvgIpc) is 2.36. The summed E-state index contributed by atoms with van der Waals surface area (Å²) in [5, 5.41) is 8.62. The molecule has 0 heterocycles. The fourth-order valence-corrected chi connectivity index (χ4v) is 3.45. The van der Waals surface area contributed by atoms with Gasteiger partial charge in [0.2, 0.25) is 0 Å². The Hall–Kier alpha value is 1.51. The Morgan fingerprint density at radius 2 is 1.33 bits per heavy atom. The Bertz CT molecular complexity index is 320. The average molecular weight is 347 g/mol. The summed E-state index contributed by atoms with van der Waals surface area (Å²) >= 11 is 0. The molecule has 6 heteroatoms. The van der Waals surface area contributed by atoms with Crippen molar-refractivity contribution in [3.05, 3.63) is 0 Å². The number of unbranched alkanes of at least 4 members (excludes halogenated alkanes) is 8. The van der Waals surface area contributed by atoms with Crippen LogP contribution < -0.4 is 51.4 Å². The molecule has 0 spiro atoms. The molecule has 0 aromatic rings. The molecule has 2 atom stereocenters. The van der Waals surface area contributed by atoms with Crippen LogP contribution in [0.2, 0.25) is 0 Å². The maximum atomic E-state index is 10.9. The number of rotatable bonds is 13. The van der Waals surface area contributed by atoms with Crippen molar-refractivity contribution in [3.8, 4) is 0 Å². The summed E-state index contributed by atoms with van der Waals surface area (Å²) in [7, 11) is -4.37. The van der Waals surface area contributed by atoms with Gasteiger partial charge in [-0.15, -0.1) is 0 Å². The van der Waals surface area contributed by atoms with Crippen LogP contribution >= 0.6 is 0 Å². The Morgan fingerprint density at radius 3 is 1.71 bits per heavy atom. The molecule has 21 heavy (non-hydrogen) atoms. The van der Waals surface area contributed by atoms with Crippen molar-refractivity contribution in [2.24, 2.45) is 0 Å². The molecule has 122 valence electrons. The molecular formula is C15H31KO4S. The van der Waals surface area contributed by atoms with E-state index in [0.717, 1.165) is 19.3 Å². The predicted octanol–water partition coefficient (Wildman–Crippen LogP) is 0.596. The normalized spacial score (nSPS) is 14.5. The predicted molar refractivity (Wildman–Crippen MR) is 81.6 cm³/mol. The summed E-state index contributed by atoms with van der Waals surface area (Å²) in [4.78, 5) is 0. The zero-order valence-corrected chi connectivity index (χ0v) is 18.0. The standard InChI is InChI=1S/C15H32O4S.K/c1-3-5-6-7-8-9-10-11-12-13-14(16)15(4-2)20(17,18)19;/h14-16H,3-13H2,1-2H3,(H,17,18,19);/q;+1/p-1. The summed E-state index contributed by atoms with van der Waals surface area (Å²) in [5.41, 5.74) is 0. The summed E-state index contributed by atoms with van der Waals surface area (Å²) in [6.45, 7) is 3.83. The molecule has 0 aliphatic rings. The van der Waals surface area contributed by atoms with E-state index in [1.54, 1.807) is 6.92 Å². The van der Waals surface area contributed by atoms with Gasteiger partial charge in [-0.1, -0.05) is 71.6 Å². The summed E-state index contributed by atoms with van der Waals surface area (Å²) in [5.74, 6) is 0. The number of hydrogen-bond acceptors (Lipinski definition) is 4. The van der Waals surface area contributed by atoms with Gasteiger partial charge in [-0.25, -0.2) is 8.42 Å². The molecule has 1 N–H and O–H groups in total. The van der Waals surface area contributed by atoms with Gasteiger partial charge in [0.15, 0.2) is 0 Å². The molecule has 0 radical (unpaired) electrons. The largest absolute Gasteiger partial charge is 1.00 e. The second-order valence-corrected chi connectivity index (χ2v) is 7.22. The van der Waals surface area contributed by atoms with Gasteiger partial charge in [0, 0.05) is 0 Å². The van der Waals surface area contributed by atoms with Crippen molar-refractivity contribution in [3.63, 3.8) is 0 Å². The van der Waals surface area contributed by atoms with E-state index in [1.807, 2.05) is 0 Å². The number of hydrogen-bond donors (Lipinski definition) is 1. The fourth-order valence-electron chi connectivity index (χ4n) is 2.52. The van der Waals surface area contributed by atoms with Gasteiger partial charge >= 0.3 is 51.4 Å². The van der Waals surface area contributed by atoms with Crippen LogP contribution in [0.5, 0.6) is 0 Å². The van der Waals surface area contributed by atoms with Gasteiger partial charge in [0.25, 0.3) is 0 Å². The molecule has 0 bridgehead atoms. The van der Waals surface area contributed by atoms with Crippen LogP contribution in [0.25, 0.3) is 0 Å². The van der Waals surface area contributed by atoms with Crippen molar-refractivity contribution in [1.29, 1.82) is 0 Å². The van der Waals surface area contributed by atoms with Gasteiger partial charge < -0.3 is 9.66 Å². The molecule has 0 aromatic carbocycles. The maximum absolute atomic E-state index is 10.9. The summed E-state index contributed by atoms with van der Waals surface area (Å²) in [6, 6.07) is 0. The summed E-state index contributed by atoms with van der Waals surface area (Å²) in [6.07, 6.45) is 10.2. The topological polar surface area (TPSA) is 77.4 Å². The maximum Gasteiger partial charge on any atom is 1.00 e. The Kier molecular flexibility index (Phi) is 17.8. The van der Waals surface area contributed by atoms with Crippen LogP contribution in [-0.2, 0) is 10.1 Å². The van der Waals surface area contributed by atoms with E-state index >= 15 is 0 Å². The smallest absolute Gasteiger partial charge is 0.748 e. The third kappa shape index (κ3) is 13.6. The summed E-state index contributed by atoms with van der Waals surface area (Å²) < 4.78 is 32.8. The second-order valence-electron chi connectivity index (χ2n) is 5.62. The van der Waals surface area contributed by atoms with Gasteiger partial charge in [0.1, 0.15) is 10.1 Å². The van der Waals surface area contributed by atoms with E-state index < -0.39 is 21.5 Å². The van der Waals surface area contributed by atoms with Crippen molar-refractivity contribution >= 4 is 10.1 Å². The van der Waals surface area contributed by atoms with Crippen molar-refractivity contribution in [2.75, 3.05) is 0 Å². The Morgan fingerprint density at radius 1 is 0.905 bits per heavy atom. The van der Waals surface area contributed by atoms with E-state index in [1.165, 1.54) is 38.5 Å². The first-order valence-electron chi connectivity index (χ1n) is 8.06. The molecule has 0 aromatic heterocycles. The first kappa shape index (κ1) is 24.8. The molecule has 0 rings (SSSR count). The molecule has 2 unspecified atom stereocenters. The van der Waals surface area contributed by atoms with Crippen LogP contribution in [-0.4, -0.2) is 29.4 Å². The SMILES string of the molecule is CCCCCCCCCCCC(O)C(CC)S(=O)(=O)[O-].[K+]. The van der Waals surface area contributed by atoms with Gasteiger partial charge in [0.05, 0.1) is 11.4 Å². The van der Waals surface area contributed by atoms with Crippen molar-refractivity contribution < 1.29 is 69.5 Å². The van der Waals surface area contributed by atoms with E-state index in [9.17, 15) is 18.1 Å². The third-order valence-electron chi connectivity index (χ3n) is 3.81. The zero-order valence-electron chi connectivity index (χ0n) is 14.0. The van der Waals surface area contributed by atoms with Crippen molar-refractivity contribution in [1.82, 2.24) is 0 Å². The minimum atomic E-state index is -4.37. The van der Waals surface area contributed by atoms with E-state index in [2.05, 4.69) is 6.92 Å². The van der Waals surface area contributed by atoms with Crippen LogP contribution in [0.3, 0.4) is 0 Å². The molecule has 0 amide bonds. The first-order chi connectivity index (χ1) is 9.43. The van der Waals surface area contributed by atoms with E-state index in [4.69, 9.17) is 0 Å². The molecule has 0 aliphatic carbocycles. The van der Waals surface area contributed by atoms with Crippen LogP contribution in [0, 0.1) is 0 Å². The van der Waals surface area contributed by atoms with Gasteiger partial charge in [-0.3, -0.25) is 0 Å². The Balaban J connectivity index is 0. The Labute approximate surface area is 173 Å². The van der Waals surface area contributed by atoms with E-state index in [-0.39, 0.29) is 57.8 Å². The fraction of sp³-hybridized carbons (Fsp3) is 1.00. The van der Waals surface area contributed by atoms with Crippen LogP contribution in [0.1, 0.15) is 84.5 Å². The van der Waals surface area contributed by atoms with Gasteiger partial charge in [-0.2, -0.15) is 0 Å². The van der Waals surface area contributed by atoms with Crippen LogP contribution in [0.15, 0.2) is 0 Å². The zero-order chi connectivity index (χ0) is 15.4. The van der Waals surface area contributed by atoms with Crippen LogP contribution in [0.4, 0.5) is 0 Å².